The van der Waals surface area contributed by atoms with Crippen LogP contribution in [-0.4, -0.2) is 44.0 Å². The SMILES string of the molecule is C=C(CNC1CC1)CN(C)CC(F)F. The third-order valence-corrected chi connectivity index (χ3v) is 2.16. The lowest BCUT2D eigenvalue weighted by molar-refractivity contribution is 0.104. The maximum absolute atomic E-state index is 12.0. The summed E-state index contributed by atoms with van der Waals surface area (Å²) in [4.78, 5) is 1.60. The molecule has 1 aliphatic carbocycles. The molecule has 2 nitrogen and oxygen atoms in total. The second kappa shape index (κ2) is 5.41. The molecule has 0 aliphatic heterocycles. The summed E-state index contributed by atoms with van der Waals surface area (Å²) in [7, 11) is 1.69. The first-order valence-electron chi connectivity index (χ1n) is 4.94. The number of alkyl halides is 2. The van der Waals surface area contributed by atoms with Crippen LogP contribution in [0.2, 0.25) is 0 Å². The Kier molecular flexibility index (Phi) is 4.48. The molecule has 1 fully saturated rings. The maximum atomic E-state index is 12.0. The predicted octanol–water partition coefficient (Wildman–Crippen LogP) is 1.49. The van der Waals surface area contributed by atoms with Gasteiger partial charge < -0.3 is 5.32 Å². The molecule has 0 saturated heterocycles. The van der Waals surface area contributed by atoms with E-state index in [1.807, 2.05) is 0 Å². The lowest BCUT2D eigenvalue weighted by atomic mass is 10.3. The summed E-state index contributed by atoms with van der Waals surface area (Å²) in [5.41, 5.74) is 0.972. The highest BCUT2D eigenvalue weighted by molar-refractivity contribution is 5.01. The van der Waals surface area contributed by atoms with Gasteiger partial charge in [-0.1, -0.05) is 6.58 Å². The fourth-order valence-corrected chi connectivity index (χ4v) is 1.31. The molecule has 0 spiro atoms. The highest BCUT2D eigenvalue weighted by Gasteiger charge is 2.20. The molecule has 82 valence electrons. The first kappa shape index (κ1) is 11.6. The Bertz CT molecular complexity index is 191. The molecule has 1 rings (SSSR count). The van der Waals surface area contributed by atoms with Gasteiger partial charge in [0.15, 0.2) is 0 Å². The summed E-state index contributed by atoms with van der Waals surface area (Å²) in [5, 5.41) is 3.30. The number of hydrogen-bond acceptors (Lipinski definition) is 2. The molecule has 0 unspecified atom stereocenters. The number of nitrogens with zero attached hydrogens (tertiary/aromatic N) is 1. The van der Waals surface area contributed by atoms with E-state index in [4.69, 9.17) is 0 Å². The maximum Gasteiger partial charge on any atom is 0.251 e. The van der Waals surface area contributed by atoms with Crippen LogP contribution in [0.15, 0.2) is 12.2 Å². The van der Waals surface area contributed by atoms with Crippen molar-refractivity contribution in [2.45, 2.75) is 25.3 Å². The highest BCUT2D eigenvalue weighted by Crippen LogP contribution is 2.18. The molecular weight excluding hydrogens is 186 g/mol. The normalized spacial score (nSPS) is 16.6. The molecule has 0 amide bonds. The topological polar surface area (TPSA) is 15.3 Å². The fourth-order valence-electron chi connectivity index (χ4n) is 1.31. The van der Waals surface area contributed by atoms with Crippen LogP contribution in [0.25, 0.3) is 0 Å². The van der Waals surface area contributed by atoms with E-state index < -0.39 is 6.43 Å². The van der Waals surface area contributed by atoms with Crippen LogP contribution in [0.4, 0.5) is 8.78 Å². The van der Waals surface area contributed by atoms with Crippen molar-refractivity contribution in [2.24, 2.45) is 0 Å². The van der Waals surface area contributed by atoms with Crippen LogP contribution in [0.3, 0.4) is 0 Å². The lowest BCUT2D eigenvalue weighted by Gasteiger charge is -2.17. The van der Waals surface area contributed by atoms with Gasteiger partial charge in [0.1, 0.15) is 0 Å². The van der Waals surface area contributed by atoms with Crippen molar-refractivity contribution in [1.29, 1.82) is 0 Å². The van der Waals surface area contributed by atoms with Crippen molar-refractivity contribution in [3.05, 3.63) is 12.2 Å². The van der Waals surface area contributed by atoms with Crippen molar-refractivity contribution < 1.29 is 8.78 Å². The Morgan fingerprint density at radius 1 is 1.57 bits per heavy atom. The summed E-state index contributed by atoms with van der Waals surface area (Å²) in [6, 6.07) is 0.646. The number of rotatable bonds is 7. The van der Waals surface area contributed by atoms with Crippen LogP contribution < -0.4 is 5.32 Å². The van der Waals surface area contributed by atoms with Crippen LogP contribution in [0, 0.1) is 0 Å². The van der Waals surface area contributed by atoms with Gasteiger partial charge in [0, 0.05) is 19.1 Å². The Labute approximate surface area is 84.0 Å². The molecule has 1 aliphatic rings. The second-order valence-electron chi connectivity index (χ2n) is 3.99. The number of halogens is 2. The standard InChI is InChI=1S/C10H18F2N2/c1-8(5-13-9-3-4-9)6-14(2)7-10(11)12/h9-10,13H,1,3-7H2,2H3. The van der Waals surface area contributed by atoms with E-state index in [-0.39, 0.29) is 6.54 Å². The number of hydrogen-bond donors (Lipinski definition) is 1. The molecule has 14 heavy (non-hydrogen) atoms. The second-order valence-corrected chi connectivity index (χ2v) is 3.99. The summed E-state index contributed by atoms with van der Waals surface area (Å²) in [6.45, 7) is 4.97. The zero-order chi connectivity index (χ0) is 10.6. The van der Waals surface area contributed by atoms with E-state index in [9.17, 15) is 8.78 Å². The van der Waals surface area contributed by atoms with E-state index in [2.05, 4.69) is 11.9 Å². The molecule has 0 heterocycles. The molecule has 0 atom stereocenters. The van der Waals surface area contributed by atoms with Gasteiger partial charge in [-0.05, 0) is 25.5 Å². The van der Waals surface area contributed by atoms with Gasteiger partial charge in [-0.3, -0.25) is 4.90 Å². The van der Waals surface area contributed by atoms with Gasteiger partial charge in [-0.25, -0.2) is 8.78 Å². The van der Waals surface area contributed by atoms with Gasteiger partial charge >= 0.3 is 0 Å². The van der Waals surface area contributed by atoms with Crippen LogP contribution >= 0.6 is 0 Å². The third-order valence-electron chi connectivity index (χ3n) is 2.16. The Morgan fingerprint density at radius 2 is 2.21 bits per heavy atom. The molecule has 0 aromatic carbocycles. The third kappa shape index (κ3) is 5.29. The Morgan fingerprint density at radius 3 is 2.71 bits per heavy atom. The first-order chi connectivity index (χ1) is 6.58. The van der Waals surface area contributed by atoms with Gasteiger partial charge in [-0.2, -0.15) is 0 Å². The molecule has 0 bridgehead atoms. The summed E-state index contributed by atoms with van der Waals surface area (Å²) in [6.07, 6.45) is 0.213. The lowest BCUT2D eigenvalue weighted by Crippen LogP contribution is -2.30. The van der Waals surface area contributed by atoms with E-state index in [0.29, 0.717) is 12.6 Å². The predicted molar refractivity (Wildman–Crippen MR) is 53.7 cm³/mol. The van der Waals surface area contributed by atoms with E-state index in [1.54, 1.807) is 11.9 Å². The smallest absolute Gasteiger partial charge is 0.251 e. The van der Waals surface area contributed by atoms with Crippen LogP contribution in [-0.2, 0) is 0 Å². The molecule has 4 heteroatoms. The summed E-state index contributed by atoms with van der Waals surface area (Å²) in [5.74, 6) is 0. The van der Waals surface area contributed by atoms with Crippen molar-refractivity contribution in [3.63, 3.8) is 0 Å². The van der Waals surface area contributed by atoms with Gasteiger partial charge in [0.2, 0.25) is 0 Å². The molecule has 0 radical (unpaired) electrons. The largest absolute Gasteiger partial charge is 0.310 e. The number of likely N-dealkylation sites (N-methyl/N-ethyl adjacent to an activating group) is 1. The number of nitrogens with one attached hydrogen (secondary N) is 1. The van der Waals surface area contributed by atoms with Crippen molar-refractivity contribution in [1.82, 2.24) is 10.2 Å². The minimum atomic E-state index is -2.26. The van der Waals surface area contributed by atoms with Crippen molar-refractivity contribution in [2.75, 3.05) is 26.7 Å². The fraction of sp³-hybridized carbons (Fsp3) is 0.800. The Hall–Kier alpha value is -0.480. The minimum Gasteiger partial charge on any atom is -0.310 e. The zero-order valence-electron chi connectivity index (χ0n) is 8.60. The quantitative estimate of drug-likeness (QED) is 0.632. The van der Waals surface area contributed by atoms with E-state index >= 15 is 0 Å². The molecular formula is C10H18F2N2. The average Bonchev–Trinajstić information content (AvgIpc) is 2.81. The first-order valence-corrected chi connectivity index (χ1v) is 4.94. The molecule has 0 aromatic heterocycles. The van der Waals surface area contributed by atoms with Crippen molar-refractivity contribution in [3.8, 4) is 0 Å². The Balaban J connectivity index is 2.05. The molecule has 1 saturated carbocycles. The molecule has 0 aromatic rings. The van der Waals surface area contributed by atoms with Crippen LogP contribution in [0.1, 0.15) is 12.8 Å². The average molecular weight is 204 g/mol. The van der Waals surface area contributed by atoms with Gasteiger partial charge in [0.25, 0.3) is 6.43 Å². The van der Waals surface area contributed by atoms with Crippen molar-refractivity contribution >= 4 is 0 Å². The monoisotopic (exact) mass is 204 g/mol. The van der Waals surface area contributed by atoms with Gasteiger partial charge in [0.05, 0.1) is 6.54 Å². The molecule has 1 N–H and O–H groups in total. The van der Waals surface area contributed by atoms with Gasteiger partial charge in [-0.15, -0.1) is 0 Å². The zero-order valence-corrected chi connectivity index (χ0v) is 8.60. The van der Waals surface area contributed by atoms with E-state index in [0.717, 1.165) is 12.1 Å². The van der Waals surface area contributed by atoms with Crippen LogP contribution in [0.5, 0.6) is 0 Å². The highest BCUT2D eigenvalue weighted by atomic mass is 19.3. The van der Waals surface area contributed by atoms with E-state index in [1.165, 1.54) is 12.8 Å². The summed E-state index contributed by atoms with van der Waals surface area (Å²) >= 11 is 0. The minimum absolute atomic E-state index is 0.178. The summed E-state index contributed by atoms with van der Waals surface area (Å²) < 4.78 is 23.9.